The summed E-state index contributed by atoms with van der Waals surface area (Å²) < 4.78 is 15.6. The number of nitrogens with zero attached hydrogens (tertiary/aromatic N) is 4. The third-order valence-electron chi connectivity index (χ3n) is 5.62. The van der Waals surface area contributed by atoms with Crippen LogP contribution in [0.1, 0.15) is 23.5 Å². The molecule has 0 unspecified atom stereocenters. The molecule has 0 radical (unpaired) electrons. The summed E-state index contributed by atoms with van der Waals surface area (Å²) in [6.45, 7) is 0. The van der Waals surface area contributed by atoms with E-state index in [-0.39, 0.29) is 23.6 Å². The molecule has 1 aliphatic heterocycles. The SMILES string of the molecule is O=[N+]([O-])c1ccc(-n2cccc2[C@H]2[C@@H](c3ccccn3)NC(=S)N2c2ccc(F)cc2)cc1. The molecule has 0 saturated carbocycles. The highest BCUT2D eigenvalue weighted by atomic mass is 32.1. The zero-order chi connectivity index (χ0) is 22.9. The first kappa shape index (κ1) is 20.8. The molecule has 4 aromatic rings. The summed E-state index contributed by atoms with van der Waals surface area (Å²) in [5, 5.41) is 14.9. The van der Waals surface area contributed by atoms with Crippen molar-refractivity contribution in [3.8, 4) is 5.69 Å². The van der Waals surface area contributed by atoms with Crippen molar-refractivity contribution >= 4 is 28.7 Å². The van der Waals surface area contributed by atoms with Gasteiger partial charge in [0.2, 0.25) is 0 Å². The molecule has 3 heterocycles. The van der Waals surface area contributed by atoms with Gasteiger partial charge in [-0.05, 0) is 72.9 Å². The van der Waals surface area contributed by atoms with E-state index in [0.717, 1.165) is 22.8 Å². The number of non-ortho nitro benzene ring substituents is 1. The molecule has 7 nitrogen and oxygen atoms in total. The van der Waals surface area contributed by atoms with Gasteiger partial charge < -0.3 is 14.8 Å². The first-order valence-electron chi connectivity index (χ1n) is 10.2. The van der Waals surface area contributed by atoms with Crippen LogP contribution in [0.3, 0.4) is 0 Å². The number of hydrogen-bond donors (Lipinski definition) is 1. The topological polar surface area (TPSA) is 76.2 Å². The molecule has 5 rings (SSSR count). The van der Waals surface area contributed by atoms with Crippen LogP contribution >= 0.6 is 12.2 Å². The van der Waals surface area contributed by atoms with Crippen LogP contribution in [-0.2, 0) is 0 Å². The number of aromatic nitrogens is 2. The zero-order valence-corrected chi connectivity index (χ0v) is 18.0. The van der Waals surface area contributed by atoms with Gasteiger partial charge in [-0.2, -0.15) is 0 Å². The molecule has 2 aromatic heterocycles. The van der Waals surface area contributed by atoms with Gasteiger partial charge in [0, 0.05) is 41.6 Å². The van der Waals surface area contributed by atoms with Crippen LogP contribution in [0, 0.1) is 15.9 Å². The van der Waals surface area contributed by atoms with Crippen LogP contribution in [0.25, 0.3) is 5.69 Å². The molecule has 0 aliphatic carbocycles. The monoisotopic (exact) mass is 459 g/mol. The molecule has 1 aliphatic rings. The molecule has 1 fully saturated rings. The first-order chi connectivity index (χ1) is 16.0. The van der Waals surface area contributed by atoms with Gasteiger partial charge in [0.1, 0.15) is 11.9 Å². The maximum absolute atomic E-state index is 13.6. The summed E-state index contributed by atoms with van der Waals surface area (Å²) in [5.41, 5.74) is 3.25. The third-order valence-corrected chi connectivity index (χ3v) is 5.94. The zero-order valence-electron chi connectivity index (χ0n) is 17.2. The number of benzene rings is 2. The summed E-state index contributed by atoms with van der Waals surface area (Å²) in [6, 6.07) is 21.6. The number of anilines is 1. The van der Waals surface area contributed by atoms with Crippen molar-refractivity contribution in [3.05, 3.63) is 119 Å². The average Bonchev–Trinajstić information content (AvgIpc) is 3.44. The Kier molecular flexibility index (Phi) is 5.31. The molecule has 1 saturated heterocycles. The Balaban J connectivity index is 1.63. The number of rotatable bonds is 5. The van der Waals surface area contributed by atoms with Crippen molar-refractivity contribution in [2.24, 2.45) is 0 Å². The lowest BCUT2D eigenvalue weighted by molar-refractivity contribution is -0.384. The van der Waals surface area contributed by atoms with Gasteiger partial charge in [0.05, 0.1) is 16.7 Å². The fraction of sp³-hybridized carbons (Fsp3) is 0.0833. The lowest BCUT2D eigenvalue weighted by Gasteiger charge is -2.29. The third kappa shape index (κ3) is 3.83. The number of pyridine rings is 1. The molecule has 0 spiro atoms. The summed E-state index contributed by atoms with van der Waals surface area (Å²) in [5.74, 6) is -0.330. The van der Waals surface area contributed by atoms with Crippen molar-refractivity contribution in [1.29, 1.82) is 0 Å². The minimum Gasteiger partial charge on any atom is -0.351 e. The van der Waals surface area contributed by atoms with Crippen LogP contribution in [0.4, 0.5) is 15.8 Å². The quantitative estimate of drug-likeness (QED) is 0.254. The number of nitro groups is 1. The molecular weight excluding hydrogens is 441 g/mol. The van der Waals surface area contributed by atoms with Gasteiger partial charge in [-0.3, -0.25) is 15.1 Å². The minimum absolute atomic E-state index is 0.0236. The predicted octanol–water partition coefficient (Wildman–Crippen LogP) is 5.10. The number of nitrogens with one attached hydrogen (secondary N) is 1. The van der Waals surface area contributed by atoms with Crippen molar-refractivity contribution < 1.29 is 9.31 Å². The van der Waals surface area contributed by atoms with Crippen molar-refractivity contribution in [3.63, 3.8) is 0 Å². The van der Waals surface area contributed by atoms with E-state index in [1.807, 2.05) is 46.0 Å². The molecule has 2 aromatic carbocycles. The Hall–Kier alpha value is -4.11. The highest BCUT2D eigenvalue weighted by molar-refractivity contribution is 7.80. The van der Waals surface area contributed by atoms with E-state index in [9.17, 15) is 14.5 Å². The van der Waals surface area contributed by atoms with Crippen LogP contribution in [0.5, 0.6) is 0 Å². The molecule has 0 bridgehead atoms. The number of thiocarbonyl (C=S) groups is 1. The molecule has 1 N–H and O–H groups in total. The summed E-state index contributed by atoms with van der Waals surface area (Å²) >= 11 is 5.70. The van der Waals surface area contributed by atoms with E-state index >= 15 is 0 Å². The van der Waals surface area contributed by atoms with E-state index in [1.165, 1.54) is 24.3 Å². The Bertz CT molecular complexity index is 1310. The van der Waals surface area contributed by atoms with Gasteiger partial charge in [0.15, 0.2) is 5.11 Å². The fourth-order valence-electron chi connectivity index (χ4n) is 4.14. The van der Waals surface area contributed by atoms with Crippen LogP contribution in [0.15, 0.2) is 91.3 Å². The molecule has 33 heavy (non-hydrogen) atoms. The van der Waals surface area contributed by atoms with E-state index in [4.69, 9.17) is 12.2 Å². The lowest BCUT2D eigenvalue weighted by Crippen LogP contribution is -2.30. The normalized spacial score (nSPS) is 17.7. The molecule has 2 atom stereocenters. The maximum atomic E-state index is 13.6. The number of nitro benzene ring substituents is 1. The Labute approximate surface area is 194 Å². The Morgan fingerprint density at radius 2 is 1.70 bits per heavy atom. The Morgan fingerprint density at radius 3 is 2.36 bits per heavy atom. The van der Waals surface area contributed by atoms with E-state index in [0.29, 0.717) is 5.11 Å². The smallest absolute Gasteiger partial charge is 0.269 e. The summed E-state index contributed by atoms with van der Waals surface area (Å²) in [4.78, 5) is 17.1. The molecular formula is C24H18FN5O2S. The van der Waals surface area contributed by atoms with Crippen LogP contribution < -0.4 is 10.2 Å². The van der Waals surface area contributed by atoms with Gasteiger partial charge in [0.25, 0.3) is 5.69 Å². The van der Waals surface area contributed by atoms with Gasteiger partial charge in [-0.25, -0.2) is 4.39 Å². The van der Waals surface area contributed by atoms with E-state index < -0.39 is 4.92 Å². The maximum Gasteiger partial charge on any atom is 0.269 e. The highest BCUT2D eigenvalue weighted by Crippen LogP contribution is 2.42. The summed E-state index contributed by atoms with van der Waals surface area (Å²) in [7, 11) is 0. The van der Waals surface area contributed by atoms with E-state index in [1.54, 1.807) is 30.5 Å². The van der Waals surface area contributed by atoms with Crippen LogP contribution in [0.2, 0.25) is 0 Å². The standard InChI is InChI=1S/C24H18FN5O2S/c25-16-6-8-18(9-7-16)29-23(22(27-24(29)33)20-4-1-2-14-26-20)21-5-3-15-28(21)17-10-12-19(13-11-17)30(31)32/h1-15,22-23H,(H,27,33)/t22-,23+/m1/s1. The number of halogens is 1. The fourth-order valence-corrected chi connectivity index (χ4v) is 4.49. The molecule has 164 valence electrons. The lowest BCUT2D eigenvalue weighted by atomic mass is 10.0. The second-order valence-corrected chi connectivity index (χ2v) is 7.94. The van der Waals surface area contributed by atoms with Crippen LogP contribution in [-0.4, -0.2) is 19.6 Å². The Morgan fingerprint density at radius 1 is 0.970 bits per heavy atom. The molecule has 0 amide bonds. The number of hydrogen-bond acceptors (Lipinski definition) is 4. The van der Waals surface area contributed by atoms with E-state index in [2.05, 4.69) is 10.3 Å². The van der Waals surface area contributed by atoms with Crippen molar-refractivity contribution in [2.75, 3.05) is 4.90 Å². The van der Waals surface area contributed by atoms with Crippen molar-refractivity contribution in [2.45, 2.75) is 12.1 Å². The second-order valence-electron chi connectivity index (χ2n) is 7.55. The largest absolute Gasteiger partial charge is 0.351 e. The van der Waals surface area contributed by atoms with Gasteiger partial charge in [-0.1, -0.05) is 6.07 Å². The van der Waals surface area contributed by atoms with Crippen molar-refractivity contribution in [1.82, 2.24) is 14.9 Å². The highest BCUT2D eigenvalue weighted by Gasteiger charge is 2.42. The minimum atomic E-state index is -0.424. The average molecular weight is 460 g/mol. The van der Waals surface area contributed by atoms with Gasteiger partial charge >= 0.3 is 0 Å². The predicted molar refractivity (Wildman–Crippen MR) is 127 cm³/mol. The summed E-state index contributed by atoms with van der Waals surface area (Å²) in [6.07, 6.45) is 3.63. The first-order valence-corrected chi connectivity index (χ1v) is 10.6. The molecule has 9 heteroatoms. The van der Waals surface area contributed by atoms with Gasteiger partial charge in [-0.15, -0.1) is 0 Å². The second kappa shape index (κ2) is 8.44.